The van der Waals surface area contributed by atoms with Gasteiger partial charge in [0.25, 0.3) is 0 Å². The summed E-state index contributed by atoms with van der Waals surface area (Å²) in [5.41, 5.74) is 0.572. The van der Waals surface area contributed by atoms with E-state index < -0.39 is 0 Å². The molecule has 2 rings (SSSR count). The van der Waals surface area contributed by atoms with E-state index in [2.05, 4.69) is 36.1 Å². The van der Waals surface area contributed by atoms with E-state index in [1.54, 1.807) is 0 Å². The average Bonchev–Trinajstić information content (AvgIpc) is 2.81. The molecule has 0 amide bonds. The zero-order valence-corrected chi connectivity index (χ0v) is 12.5. The van der Waals surface area contributed by atoms with Gasteiger partial charge in [-0.15, -0.1) is 0 Å². The maximum Gasteiger partial charge on any atom is 0.0218 e. The summed E-state index contributed by atoms with van der Waals surface area (Å²) in [5, 5.41) is 3.44. The summed E-state index contributed by atoms with van der Waals surface area (Å²) >= 11 is 0. The third-order valence-corrected chi connectivity index (χ3v) is 5.11. The molecular weight excluding hydrogens is 222 g/mol. The number of likely N-dealkylation sites (N-methyl/N-ethyl adjacent to an activating group) is 1. The molecule has 3 nitrogen and oxygen atoms in total. The minimum atomic E-state index is 0.572. The van der Waals surface area contributed by atoms with Crippen LogP contribution in [0.3, 0.4) is 0 Å². The topological polar surface area (TPSA) is 18.5 Å². The SMILES string of the molecule is CCC1CN(CC2(CNC)CCCC2)CCN1C. The van der Waals surface area contributed by atoms with Crippen molar-refractivity contribution in [2.24, 2.45) is 5.41 Å². The molecule has 1 saturated carbocycles. The van der Waals surface area contributed by atoms with Gasteiger partial charge in [0.15, 0.2) is 0 Å². The van der Waals surface area contributed by atoms with Gasteiger partial charge in [0.05, 0.1) is 0 Å². The smallest absolute Gasteiger partial charge is 0.0218 e. The molecule has 0 bridgehead atoms. The molecule has 1 atom stereocenters. The second kappa shape index (κ2) is 6.36. The molecule has 18 heavy (non-hydrogen) atoms. The molecule has 1 aliphatic heterocycles. The Morgan fingerprint density at radius 2 is 1.94 bits per heavy atom. The quantitative estimate of drug-likeness (QED) is 0.806. The lowest BCUT2D eigenvalue weighted by Crippen LogP contribution is -2.54. The van der Waals surface area contributed by atoms with Crippen LogP contribution in [0.2, 0.25) is 0 Å². The summed E-state index contributed by atoms with van der Waals surface area (Å²) in [5.74, 6) is 0. The van der Waals surface area contributed by atoms with Crippen LogP contribution >= 0.6 is 0 Å². The van der Waals surface area contributed by atoms with Crippen molar-refractivity contribution in [3.63, 3.8) is 0 Å². The van der Waals surface area contributed by atoms with Crippen molar-refractivity contribution in [3.05, 3.63) is 0 Å². The van der Waals surface area contributed by atoms with Crippen molar-refractivity contribution in [2.75, 3.05) is 46.8 Å². The van der Waals surface area contributed by atoms with Crippen LogP contribution in [0, 0.1) is 5.41 Å². The Labute approximate surface area is 113 Å². The van der Waals surface area contributed by atoms with E-state index in [4.69, 9.17) is 0 Å². The Balaban J connectivity index is 1.91. The van der Waals surface area contributed by atoms with Crippen molar-refractivity contribution >= 4 is 0 Å². The van der Waals surface area contributed by atoms with E-state index in [-0.39, 0.29) is 0 Å². The van der Waals surface area contributed by atoms with Crippen LogP contribution in [0.25, 0.3) is 0 Å². The Bertz CT molecular complexity index is 248. The van der Waals surface area contributed by atoms with Crippen LogP contribution in [-0.2, 0) is 0 Å². The highest BCUT2D eigenvalue weighted by Gasteiger charge is 2.36. The molecule has 0 radical (unpaired) electrons. The lowest BCUT2D eigenvalue weighted by Gasteiger charge is -2.43. The van der Waals surface area contributed by atoms with Crippen molar-refractivity contribution < 1.29 is 0 Å². The third kappa shape index (κ3) is 3.25. The van der Waals surface area contributed by atoms with Crippen molar-refractivity contribution in [3.8, 4) is 0 Å². The summed E-state index contributed by atoms with van der Waals surface area (Å²) < 4.78 is 0. The van der Waals surface area contributed by atoms with E-state index in [1.807, 2.05) is 0 Å². The van der Waals surface area contributed by atoms with Crippen LogP contribution in [0.15, 0.2) is 0 Å². The Kier molecular flexibility index (Phi) is 5.05. The van der Waals surface area contributed by atoms with Crippen LogP contribution in [0.1, 0.15) is 39.0 Å². The van der Waals surface area contributed by atoms with Crippen LogP contribution in [0.4, 0.5) is 0 Å². The molecular formula is C15H31N3. The van der Waals surface area contributed by atoms with Crippen LogP contribution < -0.4 is 5.32 Å². The van der Waals surface area contributed by atoms with Gasteiger partial charge in [-0.25, -0.2) is 0 Å². The van der Waals surface area contributed by atoms with Gasteiger partial charge in [-0.3, -0.25) is 4.90 Å². The number of hydrogen-bond donors (Lipinski definition) is 1. The normalized spacial score (nSPS) is 29.8. The molecule has 106 valence electrons. The predicted molar refractivity (Wildman–Crippen MR) is 78.0 cm³/mol. The maximum atomic E-state index is 3.44. The monoisotopic (exact) mass is 253 g/mol. The minimum absolute atomic E-state index is 0.572. The predicted octanol–water partition coefficient (Wildman–Crippen LogP) is 1.79. The van der Waals surface area contributed by atoms with E-state index in [0.717, 1.165) is 6.04 Å². The standard InChI is InChI=1S/C15H31N3/c1-4-14-11-18(10-9-17(14)3)13-15(12-16-2)7-5-6-8-15/h14,16H,4-13H2,1-3H3. The van der Waals surface area contributed by atoms with Gasteiger partial charge in [0.1, 0.15) is 0 Å². The fraction of sp³-hybridized carbons (Fsp3) is 1.00. The molecule has 0 aromatic carbocycles. The first kappa shape index (κ1) is 14.3. The van der Waals surface area contributed by atoms with Gasteiger partial charge in [0, 0.05) is 38.8 Å². The van der Waals surface area contributed by atoms with Crippen molar-refractivity contribution in [2.45, 2.75) is 45.1 Å². The largest absolute Gasteiger partial charge is 0.319 e. The van der Waals surface area contributed by atoms with E-state index in [9.17, 15) is 0 Å². The average molecular weight is 253 g/mol. The summed E-state index contributed by atoms with van der Waals surface area (Å²) in [7, 11) is 4.39. The number of nitrogens with zero attached hydrogens (tertiary/aromatic N) is 2. The first-order chi connectivity index (χ1) is 8.69. The molecule has 2 fully saturated rings. The first-order valence-corrected chi connectivity index (χ1v) is 7.76. The lowest BCUT2D eigenvalue weighted by atomic mass is 9.85. The second-order valence-electron chi connectivity index (χ2n) is 6.52. The van der Waals surface area contributed by atoms with Gasteiger partial charge in [-0.1, -0.05) is 19.8 Å². The number of nitrogens with one attached hydrogen (secondary N) is 1. The molecule has 1 unspecified atom stereocenters. The zero-order valence-electron chi connectivity index (χ0n) is 12.5. The molecule has 3 heteroatoms. The Morgan fingerprint density at radius 1 is 1.22 bits per heavy atom. The highest BCUT2D eigenvalue weighted by atomic mass is 15.3. The summed E-state index contributed by atoms with van der Waals surface area (Å²) in [6.07, 6.45) is 7.01. The molecule has 1 saturated heterocycles. The number of piperazine rings is 1. The number of hydrogen-bond acceptors (Lipinski definition) is 3. The number of rotatable bonds is 5. The summed E-state index contributed by atoms with van der Waals surface area (Å²) in [4.78, 5) is 5.27. The summed E-state index contributed by atoms with van der Waals surface area (Å²) in [6.45, 7) is 8.63. The summed E-state index contributed by atoms with van der Waals surface area (Å²) in [6, 6.07) is 0.770. The lowest BCUT2D eigenvalue weighted by molar-refractivity contribution is 0.0579. The molecule has 0 spiro atoms. The van der Waals surface area contributed by atoms with Crippen molar-refractivity contribution in [1.29, 1.82) is 0 Å². The van der Waals surface area contributed by atoms with E-state index >= 15 is 0 Å². The Morgan fingerprint density at radius 3 is 2.56 bits per heavy atom. The van der Waals surface area contributed by atoms with Crippen molar-refractivity contribution in [1.82, 2.24) is 15.1 Å². The zero-order chi connectivity index (χ0) is 13.0. The van der Waals surface area contributed by atoms with E-state index in [1.165, 1.54) is 64.8 Å². The van der Waals surface area contributed by atoms with Gasteiger partial charge in [-0.05, 0) is 38.8 Å². The van der Waals surface area contributed by atoms with Gasteiger partial charge >= 0.3 is 0 Å². The molecule has 0 aromatic heterocycles. The molecule has 1 N–H and O–H groups in total. The molecule has 1 heterocycles. The fourth-order valence-corrected chi connectivity index (χ4v) is 3.96. The highest BCUT2D eigenvalue weighted by molar-refractivity contribution is 4.91. The molecule has 1 aliphatic carbocycles. The maximum absolute atomic E-state index is 3.44. The van der Waals surface area contributed by atoms with Gasteiger partial charge in [0.2, 0.25) is 0 Å². The third-order valence-electron chi connectivity index (χ3n) is 5.11. The van der Waals surface area contributed by atoms with Crippen LogP contribution in [0.5, 0.6) is 0 Å². The Hall–Kier alpha value is -0.120. The second-order valence-corrected chi connectivity index (χ2v) is 6.52. The highest BCUT2D eigenvalue weighted by Crippen LogP contribution is 2.38. The minimum Gasteiger partial charge on any atom is -0.319 e. The molecule has 2 aliphatic rings. The van der Waals surface area contributed by atoms with Crippen LogP contribution in [-0.4, -0.2) is 62.7 Å². The fourth-order valence-electron chi connectivity index (χ4n) is 3.96. The first-order valence-electron chi connectivity index (χ1n) is 7.76. The molecule has 0 aromatic rings. The van der Waals surface area contributed by atoms with Gasteiger partial charge in [-0.2, -0.15) is 0 Å². The van der Waals surface area contributed by atoms with E-state index in [0.29, 0.717) is 5.41 Å². The van der Waals surface area contributed by atoms with Gasteiger partial charge < -0.3 is 10.2 Å².